The van der Waals surface area contributed by atoms with E-state index in [1.54, 1.807) is 0 Å². The number of hydrazine groups is 1. The van der Waals surface area contributed by atoms with Crippen LogP contribution in [0.3, 0.4) is 0 Å². The van der Waals surface area contributed by atoms with Gasteiger partial charge in [0.2, 0.25) is 5.96 Å². The van der Waals surface area contributed by atoms with Crippen molar-refractivity contribution in [2.24, 2.45) is 10.8 Å². The summed E-state index contributed by atoms with van der Waals surface area (Å²) < 4.78 is 39.7. The standard InChI is InChI=1S/C11H13F3N4O/c12-11(13,14)19-9-5-3-8(4-6-9)17-10(18-15)16-7-1-2-7/h3-7H,1-2,15H2,(H2,16,17,18). The van der Waals surface area contributed by atoms with Crippen LogP contribution in [0.25, 0.3) is 0 Å². The van der Waals surface area contributed by atoms with Crippen LogP contribution in [0.1, 0.15) is 12.8 Å². The molecule has 5 nitrogen and oxygen atoms in total. The number of nitrogens with one attached hydrogen (secondary N) is 2. The highest BCUT2D eigenvalue weighted by Gasteiger charge is 2.30. The Kier molecular flexibility index (Phi) is 3.79. The number of alkyl halides is 3. The molecule has 0 radical (unpaired) electrons. The molecule has 1 aliphatic rings. The number of guanidine groups is 1. The summed E-state index contributed by atoms with van der Waals surface area (Å²) in [6.45, 7) is 0. The van der Waals surface area contributed by atoms with Gasteiger partial charge in [0.25, 0.3) is 0 Å². The molecular weight excluding hydrogens is 261 g/mol. The second-order valence-corrected chi connectivity index (χ2v) is 4.05. The van der Waals surface area contributed by atoms with Crippen LogP contribution in [0.5, 0.6) is 5.75 Å². The molecule has 0 spiro atoms. The molecule has 0 saturated heterocycles. The van der Waals surface area contributed by atoms with Gasteiger partial charge < -0.3 is 10.1 Å². The number of aliphatic imine (C=N–C) groups is 1. The maximum absolute atomic E-state index is 12.0. The van der Waals surface area contributed by atoms with Gasteiger partial charge in [-0.15, -0.1) is 13.2 Å². The molecule has 1 aliphatic carbocycles. The second kappa shape index (κ2) is 5.35. The normalized spacial score (nSPS) is 16.1. The molecule has 0 unspecified atom stereocenters. The number of nitrogens with zero attached hydrogens (tertiary/aromatic N) is 1. The highest BCUT2D eigenvalue weighted by atomic mass is 19.4. The zero-order chi connectivity index (χ0) is 13.9. The number of rotatable bonds is 3. The molecule has 1 fully saturated rings. The number of halogens is 3. The average Bonchev–Trinajstić information content (AvgIpc) is 3.13. The van der Waals surface area contributed by atoms with Crippen LogP contribution in [0.2, 0.25) is 0 Å². The van der Waals surface area contributed by atoms with Crippen molar-refractivity contribution in [2.45, 2.75) is 25.2 Å². The minimum absolute atomic E-state index is 0.270. The summed E-state index contributed by atoms with van der Waals surface area (Å²) in [4.78, 5) is 4.24. The van der Waals surface area contributed by atoms with Gasteiger partial charge in [-0.2, -0.15) is 0 Å². The zero-order valence-electron chi connectivity index (χ0n) is 9.87. The van der Waals surface area contributed by atoms with E-state index >= 15 is 0 Å². The first-order valence-electron chi connectivity index (χ1n) is 5.63. The molecule has 1 saturated carbocycles. The van der Waals surface area contributed by atoms with Crippen molar-refractivity contribution < 1.29 is 17.9 Å². The Morgan fingerprint density at radius 3 is 2.37 bits per heavy atom. The molecule has 0 heterocycles. The number of hydrogen-bond acceptors (Lipinski definition) is 3. The largest absolute Gasteiger partial charge is 0.573 e. The molecule has 0 bridgehead atoms. The third-order valence-electron chi connectivity index (χ3n) is 2.35. The molecule has 104 valence electrons. The van der Waals surface area contributed by atoms with Gasteiger partial charge in [0.15, 0.2) is 0 Å². The van der Waals surface area contributed by atoms with E-state index in [-0.39, 0.29) is 11.8 Å². The van der Waals surface area contributed by atoms with E-state index in [0.717, 1.165) is 12.8 Å². The fourth-order valence-corrected chi connectivity index (χ4v) is 1.37. The Morgan fingerprint density at radius 2 is 1.89 bits per heavy atom. The third-order valence-corrected chi connectivity index (χ3v) is 2.35. The maximum atomic E-state index is 12.0. The molecule has 1 aromatic carbocycles. The first-order chi connectivity index (χ1) is 8.96. The van der Waals surface area contributed by atoms with E-state index in [0.29, 0.717) is 11.6 Å². The summed E-state index contributed by atoms with van der Waals surface area (Å²) in [5.74, 6) is 5.40. The fourth-order valence-electron chi connectivity index (χ4n) is 1.37. The summed E-state index contributed by atoms with van der Waals surface area (Å²) in [5.41, 5.74) is 2.96. The minimum Gasteiger partial charge on any atom is -0.406 e. The van der Waals surface area contributed by atoms with Crippen LogP contribution in [0.4, 0.5) is 18.9 Å². The van der Waals surface area contributed by atoms with Gasteiger partial charge in [0.05, 0.1) is 6.04 Å². The van der Waals surface area contributed by atoms with Crippen molar-refractivity contribution in [3.8, 4) is 5.75 Å². The van der Waals surface area contributed by atoms with Gasteiger partial charge in [0.1, 0.15) is 5.75 Å². The Balaban J connectivity index is 1.97. The highest BCUT2D eigenvalue weighted by molar-refractivity contribution is 5.93. The van der Waals surface area contributed by atoms with Crippen molar-refractivity contribution in [2.75, 3.05) is 5.32 Å². The van der Waals surface area contributed by atoms with Crippen LogP contribution < -0.4 is 21.3 Å². The first-order valence-corrected chi connectivity index (χ1v) is 5.63. The smallest absolute Gasteiger partial charge is 0.406 e. The molecule has 2 rings (SSSR count). The predicted octanol–water partition coefficient (Wildman–Crippen LogP) is 1.98. The van der Waals surface area contributed by atoms with Crippen LogP contribution in [-0.2, 0) is 0 Å². The first kappa shape index (κ1) is 13.5. The van der Waals surface area contributed by atoms with Gasteiger partial charge >= 0.3 is 6.36 Å². The topological polar surface area (TPSA) is 71.7 Å². The summed E-state index contributed by atoms with van der Waals surface area (Å²) >= 11 is 0. The van der Waals surface area contributed by atoms with E-state index < -0.39 is 6.36 Å². The van der Waals surface area contributed by atoms with E-state index in [1.807, 2.05) is 0 Å². The van der Waals surface area contributed by atoms with Gasteiger partial charge in [0, 0.05) is 5.69 Å². The molecule has 1 aromatic rings. The lowest BCUT2D eigenvalue weighted by Crippen LogP contribution is -2.36. The summed E-state index contributed by atoms with van der Waals surface area (Å²) in [5, 5.41) is 2.87. The third kappa shape index (κ3) is 4.66. The van der Waals surface area contributed by atoms with Crippen molar-refractivity contribution in [3.05, 3.63) is 24.3 Å². The molecule has 8 heteroatoms. The van der Waals surface area contributed by atoms with Gasteiger partial charge in [-0.05, 0) is 37.1 Å². The quantitative estimate of drug-likeness (QED) is 0.341. The van der Waals surface area contributed by atoms with Crippen molar-refractivity contribution in [1.82, 2.24) is 5.43 Å². The lowest BCUT2D eigenvalue weighted by molar-refractivity contribution is -0.274. The lowest BCUT2D eigenvalue weighted by atomic mass is 10.3. The highest BCUT2D eigenvalue weighted by Crippen LogP contribution is 2.25. The molecule has 19 heavy (non-hydrogen) atoms. The van der Waals surface area contributed by atoms with Crippen molar-refractivity contribution >= 4 is 11.6 Å². The lowest BCUT2D eigenvalue weighted by Gasteiger charge is -2.11. The van der Waals surface area contributed by atoms with E-state index in [2.05, 4.69) is 20.5 Å². The monoisotopic (exact) mass is 274 g/mol. The Labute approximate surface area is 107 Å². The van der Waals surface area contributed by atoms with Crippen molar-refractivity contribution in [3.63, 3.8) is 0 Å². The average molecular weight is 274 g/mol. The molecule has 0 aliphatic heterocycles. The second-order valence-electron chi connectivity index (χ2n) is 4.05. The summed E-state index contributed by atoms with van der Waals surface area (Å²) in [6.07, 6.45) is -2.65. The minimum atomic E-state index is -4.69. The van der Waals surface area contributed by atoms with Crippen LogP contribution >= 0.6 is 0 Å². The Hall–Kier alpha value is -1.96. The Bertz CT molecular complexity index is 454. The summed E-state index contributed by atoms with van der Waals surface area (Å²) in [7, 11) is 0. The van der Waals surface area contributed by atoms with Crippen LogP contribution in [0.15, 0.2) is 29.3 Å². The van der Waals surface area contributed by atoms with Crippen molar-refractivity contribution in [1.29, 1.82) is 0 Å². The molecule has 0 atom stereocenters. The molecular formula is C11H13F3N4O. The fraction of sp³-hybridized carbons (Fsp3) is 0.364. The predicted molar refractivity (Wildman–Crippen MR) is 64.5 cm³/mol. The van der Waals surface area contributed by atoms with E-state index in [1.165, 1.54) is 24.3 Å². The summed E-state index contributed by atoms with van der Waals surface area (Å²) in [6, 6.07) is 5.58. The SMILES string of the molecule is NNC(=NC1CC1)Nc1ccc(OC(F)(F)F)cc1. The zero-order valence-corrected chi connectivity index (χ0v) is 9.87. The molecule has 0 aromatic heterocycles. The number of benzene rings is 1. The Morgan fingerprint density at radius 1 is 1.26 bits per heavy atom. The maximum Gasteiger partial charge on any atom is 0.573 e. The van der Waals surface area contributed by atoms with Crippen LogP contribution in [0, 0.1) is 0 Å². The number of ether oxygens (including phenoxy) is 1. The number of anilines is 1. The van der Waals surface area contributed by atoms with Gasteiger partial charge in [-0.1, -0.05) is 0 Å². The van der Waals surface area contributed by atoms with Crippen LogP contribution in [-0.4, -0.2) is 18.4 Å². The van der Waals surface area contributed by atoms with Gasteiger partial charge in [-0.25, -0.2) is 10.8 Å². The van der Waals surface area contributed by atoms with E-state index in [9.17, 15) is 13.2 Å². The molecule has 0 amide bonds. The number of nitrogens with two attached hydrogens (primary N) is 1. The van der Waals surface area contributed by atoms with Gasteiger partial charge in [-0.3, -0.25) is 5.43 Å². The number of hydrogen-bond donors (Lipinski definition) is 3. The van der Waals surface area contributed by atoms with E-state index in [4.69, 9.17) is 5.84 Å². The molecule has 4 N–H and O–H groups in total.